The van der Waals surface area contributed by atoms with Crippen LogP contribution in [0.3, 0.4) is 0 Å². The van der Waals surface area contributed by atoms with E-state index in [1.54, 1.807) is 0 Å². The van der Waals surface area contributed by atoms with Crippen LogP contribution in [0.1, 0.15) is 20.3 Å². The average molecular weight is 301 g/mol. The SMILES string of the molecule is CC1CCN(S(=O)(=O)c2cnn(CC(=O)O)c2)CC1C. The number of piperidine rings is 1. The summed E-state index contributed by atoms with van der Waals surface area (Å²) < 4.78 is 27.5. The second kappa shape index (κ2) is 5.53. The molecule has 0 spiro atoms. The number of hydrogen-bond donors (Lipinski definition) is 1. The molecule has 2 unspecified atom stereocenters. The number of nitrogens with zero attached hydrogens (tertiary/aromatic N) is 3. The van der Waals surface area contributed by atoms with Crippen LogP contribution in [0.25, 0.3) is 0 Å². The standard InChI is InChI=1S/C12H19N3O4S/c1-9-3-4-15(6-10(9)2)20(18,19)11-5-13-14(7-11)8-12(16)17/h5,7,9-10H,3-4,6,8H2,1-2H3,(H,16,17). The molecule has 20 heavy (non-hydrogen) atoms. The van der Waals surface area contributed by atoms with Gasteiger partial charge in [0.15, 0.2) is 0 Å². The van der Waals surface area contributed by atoms with Gasteiger partial charge in [0.05, 0.1) is 6.20 Å². The van der Waals surface area contributed by atoms with E-state index in [1.165, 1.54) is 16.7 Å². The van der Waals surface area contributed by atoms with Gasteiger partial charge in [0.2, 0.25) is 10.0 Å². The number of hydrogen-bond acceptors (Lipinski definition) is 4. The van der Waals surface area contributed by atoms with Gasteiger partial charge >= 0.3 is 5.97 Å². The quantitative estimate of drug-likeness (QED) is 0.880. The monoisotopic (exact) mass is 301 g/mol. The molecule has 0 amide bonds. The van der Waals surface area contributed by atoms with Gasteiger partial charge in [0.1, 0.15) is 11.4 Å². The van der Waals surface area contributed by atoms with E-state index in [0.717, 1.165) is 11.1 Å². The van der Waals surface area contributed by atoms with Gasteiger partial charge in [0.25, 0.3) is 0 Å². The van der Waals surface area contributed by atoms with Gasteiger partial charge in [-0.3, -0.25) is 9.48 Å². The van der Waals surface area contributed by atoms with Gasteiger partial charge in [-0.2, -0.15) is 9.40 Å². The summed E-state index contributed by atoms with van der Waals surface area (Å²) >= 11 is 0. The number of carboxylic acid groups (broad SMARTS) is 1. The second-order valence-electron chi connectivity index (χ2n) is 5.37. The maximum Gasteiger partial charge on any atom is 0.325 e. The first-order chi connectivity index (χ1) is 9.30. The number of aliphatic carboxylic acids is 1. The summed E-state index contributed by atoms with van der Waals surface area (Å²) in [7, 11) is -3.58. The van der Waals surface area contributed by atoms with Crippen molar-refractivity contribution < 1.29 is 18.3 Å². The van der Waals surface area contributed by atoms with Crippen molar-refractivity contribution in [1.82, 2.24) is 14.1 Å². The minimum absolute atomic E-state index is 0.0560. The van der Waals surface area contributed by atoms with Crippen LogP contribution in [0.5, 0.6) is 0 Å². The summed E-state index contributed by atoms with van der Waals surface area (Å²) in [4.78, 5) is 10.6. The fraction of sp³-hybridized carbons (Fsp3) is 0.667. The molecule has 0 aromatic carbocycles. The molecule has 0 bridgehead atoms. The van der Waals surface area contributed by atoms with Gasteiger partial charge in [-0.25, -0.2) is 8.42 Å². The molecule has 1 aromatic heterocycles. The highest BCUT2D eigenvalue weighted by Crippen LogP contribution is 2.27. The number of carboxylic acids is 1. The molecule has 1 saturated heterocycles. The molecule has 0 saturated carbocycles. The van der Waals surface area contributed by atoms with Gasteiger partial charge in [-0.1, -0.05) is 13.8 Å². The third-order valence-corrected chi connectivity index (χ3v) is 5.66. The molecule has 2 atom stereocenters. The number of rotatable bonds is 4. The van der Waals surface area contributed by atoms with Crippen molar-refractivity contribution in [2.75, 3.05) is 13.1 Å². The van der Waals surface area contributed by atoms with Crippen LogP contribution in [0, 0.1) is 11.8 Å². The highest BCUT2D eigenvalue weighted by atomic mass is 32.2. The highest BCUT2D eigenvalue weighted by molar-refractivity contribution is 7.89. The Hall–Kier alpha value is -1.41. The Labute approximate surface area is 118 Å². The zero-order valence-corrected chi connectivity index (χ0v) is 12.4. The van der Waals surface area contributed by atoms with E-state index in [1.807, 2.05) is 6.92 Å². The molecule has 0 radical (unpaired) electrons. The first-order valence-corrected chi connectivity index (χ1v) is 7.99. The summed E-state index contributed by atoms with van der Waals surface area (Å²) in [5, 5.41) is 12.5. The molecular weight excluding hydrogens is 282 g/mol. The molecule has 1 aliphatic rings. The largest absolute Gasteiger partial charge is 0.480 e. The van der Waals surface area contributed by atoms with Crippen molar-refractivity contribution in [1.29, 1.82) is 0 Å². The van der Waals surface area contributed by atoms with Crippen molar-refractivity contribution in [2.24, 2.45) is 11.8 Å². The molecule has 1 aliphatic heterocycles. The van der Waals surface area contributed by atoms with E-state index in [0.29, 0.717) is 24.9 Å². The molecule has 2 heterocycles. The van der Waals surface area contributed by atoms with Gasteiger partial charge in [-0.15, -0.1) is 0 Å². The third-order valence-electron chi connectivity index (χ3n) is 3.84. The summed E-state index contributed by atoms with van der Waals surface area (Å²) in [6.07, 6.45) is 3.32. The van der Waals surface area contributed by atoms with Crippen molar-refractivity contribution in [3.05, 3.63) is 12.4 Å². The van der Waals surface area contributed by atoms with Crippen molar-refractivity contribution in [3.63, 3.8) is 0 Å². The molecule has 2 rings (SSSR count). The second-order valence-corrected chi connectivity index (χ2v) is 7.31. The van der Waals surface area contributed by atoms with Crippen molar-refractivity contribution in [3.8, 4) is 0 Å². The van der Waals surface area contributed by atoms with Gasteiger partial charge in [-0.05, 0) is 18.3 Å². The molecule has 0 aliphatic carbocycles. The first kappa shape index (κ1) is 15.0. The lowest BCUT2D eigenvalue weighted by Gasteiger charge is -2.34. The molecule has 1 aromatic rings. The Morgan fingerprint density at radius 1 is 1.45 bits per heavy atom. The Kier molecular flexibility index (Phi) is 4.14. The molecular formula is C12H19N3O4S. The fourth-order valence-electron chi connectivity index (χ4n) is 2.29. The summed E-state index contributed by atoms with van der Waals surface area (Å²) in [5.41, 5.74) is 0. The molecule has 1 fully saturated rings. The van der Waals surface area contributed by atoms with E-state index in [-0.39, 0.29) is 11.4 Å². The van der Waals surface area contributed by atoms with Gasteiger partial charge in [0, 0.05) is 19.3 Å². The fourth-order valence-corrected chi connectivity index (χ4v) is 3.81. The molecule has 8 heteroatoms. The van der Waals surface area contributed by atoms with Gasteiger partial charge < -0.3 is 5.11 Å². The molecule has 1 N–H and O–H groups in total. The number of aromatic nitrogens is 2. The first-order valence-electron chi connectivity index (χ1n) is 6.55. The topological polar surface area (TPSA) is 92.5 Å². The van der Waals surface area contributed by atoms with E-state index < -0.39 is 16.0 Å². The highest BCUT2D eigenvalue weighted by Gasteiger charge is 2.32. The average Bonchev–Trinajstić information content (AvgIpc) is 2.80. The Morgan fingerprint density at radius 3 is 2.75 bits per heavy atom. The third kappa shape index (κ3) is 3.01. The predicted molar refractivity (Wildman–Crippen MR) is 71.6 cm³/mol. The minimum Gasteiger partial charge on any atom is -0.480 e. The lowest BCUT2D eigenvalue weighted by molar-refractivity contribution is -0.137. The van der Waals surface area contributed by atoms with Crippen LogP contribution in [0.2, 0.25) is 0 Å². The Balaban J connectivity index is 2.18. The van der Waals surface area contributed by atoms with Crippen LogP contribution < -0.4 is 0 Å². The zero-order chi connectivity index (χ0) is 14.9. The van der Waals surface area contributed by atoms with E-state index in [4.69, 9.17) is 5.11 Å². The molecule has 112 valence electrons. The van der Waals surface area contributed by atoms with E-state index in [2.05, 4.69) is 12.0 Å². The van der Waals surface area contributed by atoms with Crippen LogP contribution in [-0.4, -0.2) is 46.7 Å². The normalized spacial score (nSPS) is 24.7. The van der Waals surface area contributed by atoms with Crippen LogP contribution in [0.15, 0.2) is 17.3 Å². The lowest BCUT2D eigenvalue weighted by atomic mass is 9.90. The van der Waals surface area contributed by atoms with Crippen LogP contribution in [0.4, 0.5) is 0 Å². The number of carbonyl (C=O) groups is 1. The smallest absolute Gasteiger partial charge is 0.325 e. The Morgan fingerprint density at radius 2 is 2.15 bits per heavy atom. The molecule has 7 nitrogen and oxygen atoms in total. The van der Waals surface area contributed by atoms with Crippen molar-refractivity contribution in [2.45, 2.75) is 31.7 Å². The van der Waals surface area contributed by atoms with Crippen LogP contribution in [-0.2, 0) is 21.4 Å². The minimum atomic E-state index is -3.58. The maximum atomic E-state index is 12.5. The number of sulfonamides is 1. The van der Waals surface area contributed by atoms with E-state index >= 15 is 0 Å². The Bertz CT molecular complexity index is 596. The lowest BCUT2D eigenvalue weighted by Crippen LogP contribution is -2.42. The summed E-state index contributed by atoms with van der Waals surface area (Å²) in [6, 6.07) is 0. The van der Waals surface area contributed by atoms with Crippen molar-refractivity contribution >= 4 is 16.0 Å². The van der Waals surface area contributed by atoms with Crippen LogP contribution >= 0.6 is 0 Å². The predicted octanol–water partition coefficient (Wildman–Crippen LogP) is 0.634. The summed E-state index contributed by atoms with van der Waals surface area (Å²) in [5.74, 6) is -0.235. The zero-order valence-electron chi connectivity index (χ0n) is 11.6. The summed E-state index contributed by atoms with van der Waals surface area (Å²) in [6.45, 7) is 4.81. The maximum absolute atomic E-state index is 12.5. The van der Waals surface area contributed by atoms with E-state index in [9.17, 15) is 13.2 Å².